The van der Waals surface area contributed by atoms with Crippen LogP contribution in [0.5, 0.6) is 0 Å². The number of fused-ring (bicyclic) bond motifs is 3. The normalized spacial score (nSPS) is 11.6. The van der Waals surface area contributed by atoms with Crippen LogP contribution in [0.2, 0.25) is 0 Å². The van der Waals surface area contributed by atoms with E-state index in [1.165, 1.54) is 0 Å². The van der Waals surface area contributed by atoms with Gasteiger partial charge in [-0.25, -0.2) is 4.79 Å². The maximum Gasteiger partial charge on any atom is 0.354 e. The van der Waals surface area contributed by atoms with Crippen molar-refractivity contribution in [1.82, 2.24) is 4.98 Å². The minimum Gasteiger partial charge on any atom is -0.461 e. The number of carbonyl (C=O) groups is 1. The van der Waals surface area contributed by atoms with Gasteiger partial charge in [-0.15, -0.1) is 0 Å². The van der Waals surface area contributed by atoms with Crippen LogP contribution in [0.3, 0.4) is 0 Å². The van der Waals surface area contributed by atoms with Crippen molar-refractivity contribution in [1.29, 1.82) is 0 Å². The number of aromatic amines is 1. The van der Waals surface area contributed by atoms with Crippen LogP contribution in [0, 0.1) is 0 Å². The number of esters is 1. The third-order valence-corrected chi connectivity index (χ3v) is 3.37. The summed E-state index contributed by atoms with van der Waals surface area (Å²) in [5.74, 6) is 0.944. The maximum atomic E-state index is 11.8. The van der Waals surface area contributed by atoms with Gasteiger partial charge in [-0.3, -0.25) is 0 Å². The molecule has 2 heterocycles. The highest BCUT2D eigenvalue weighted by Crippen LogP contribution is 2.31. The summed E-state index contributed by atoms with van der Waals surface area (Å²) < 4.78 is 10.9. The molecule has 0 aliphatic heterocycles. The molecule has 0 saturated heterocycles. The molecule has 104 valence electrons. The summed E-state index contributed by atoms with van der Waals surface area (Å²) in [7, 11) is 0. The van der Waals surface area contributed by atoms with Crippen molar-refractivity contribution in [3.8, 4) is 0 Å². The molecule has 0 aliphatic rings. The minimum absolute atomic E-state index is 0.334. The molecule has 0 unspecified atom stereocenters. The number of aromatic nitrogens is 1. The first-order chi connectivity index (χ1) is 9.60. The number of rotatable bonds is 3. The van der Waals surface area contributed by atoms with Gasteiger partial charge in [0.2, 0.25) is 0 Å². The van der Waals surface area contributed by atoms with E-state index in [1.807, 2.05) is 12.1 Å². The summed E-state index contributed by atoms with van der Waals surface area (Å²) >= 11 is 0. The second-order valence-electron chi connectivity index (χ2n) is 5.15. The van der Waals surface area contributed by atoms with Gasteiger partial charge < -0.3 is 14.1 Å². The number of ether oxygens (including phenoxy) is 1. The second kappa shape index (κ2) is 4.71. The van der Waals surface area contributed by atoms with Crippen LogP contribution in [0.4, 0.5) is 0 Å². The highest BCUT2D eigenvalue weighted by atomic mass is 16.5. The van der Waals surface area contributed by atoms with Crippen LogP contribution in [0.25, 0.3) is 21.9 Å². The molecule has 0 bridgehead atoms. The van der Waals surface area contributed by atoms with Crippen LogP contribution >= 0.6 is 0 Å². The zero-order chi connectivity index (χ0) is 14.3. The molecular weight excluding hydrogens is 254 g/mol. The number of H-pyrrole nitrogens is 1. The molecule has 1 aromatic carbocycles. The summed E-state index contributed by atoms with van der Waals surface area (Å²) in [5.41, 5.74) is 2.15. The molecule has 3 aromatic rings. The van der Waals surface area contributed by atoms with Gasteiger partial charge in [-0.05, 0) is 31.2 Å². The van der Waals surface area contributed by atoms with Crippen molar-refractivity contribution in [3.05, 3.63) is 35.7 Å². The van der Waals surface area contributed by atoms with E-state index in [0.717, 1.165) is 27.6 Å². The SMILES string of the molecule is CCOC(=O)c1cc2c(ccc3cc(C(C)C)oc32)[nH]1. The topological polar surface area (TPSA) is 55.2 Å². The molecular formula is C16H17NO3. The predicted molar refractivity (Wildman–Crippen MR) is 78.1 cm³/mol. The summed E-state index contributed by atoms with van der Waals surface area (Å²) in [6, 6.07) is 7.80. The summed E-state index contributed by atoms with van der Waals surface area (Å²) in [6.07, 6.45) is 0. The zero-order valence-electron chi connectivity index (χ0n) is 11.8. The van der Waals surface area contributed by atoms with Crippen LogP contribution in [-0.4, -0.2) is 17.6 Å². The lowest BCUT2D eigenvalue weighted by Crippen LogP contribution is -2.04. The minimum atomic E-state index is -0.340. The second-order valence-corrected chi connectivity index (χ2v) is 5.15. The number of nitrogens with one attached hydrogen (secondary N) is 1. The standard InChI is InChI=1S/C16H17NO3/c1-4-19-16(18)13-8-11-12(17-13)6-5-10-7-14(9(2)3)20-15(10)11/h5-9,17H,4H2,1-3H3. The van der Waals surface area contributed by atoms with Crippen molar-refractivity contribution in [2.45, 2.75) is 26.7 Å². The van der Waals surface area contributed by atoms with Crippen molar-refractivity contribution in [2.24, 2.45) is 0 Å². The van der Waals surface area contributed by atoms with E-state index in [0.29, 0.717) is 18.2 Å². The fourth-order valence-electron chi connectivity index (χ4n) is 2.33. The largest absolute Gasteiger partial charge is 0.461 e. The third-order valence-electron chi connectivity index (χ3n) is 3.37. The lowest BCUT2D eigenvalue weighted by molar-refractivity contribution is 0.0520. The Morgan fingerprint density at radius 3 is 2.85 bits per heavy atom. The average molecular weight is 271 g/mol. The van der Waals surface area contributed by atoms with E-state index in [9.17, 15) is 4.79 Å². The molecule has 0 atom stereocenters. The highest BCUT2D eigenvalue weighted by molar-refractivity contribution is 6.06. The highest BCUT2D eigenvalue weighted by Gasteiger charge is 2.15. The predicted octanol–water partition coefficient (Wildman–Crippen LogP) is 4.21. The van der Waals surface area contributed by atoms with E-state index in [4.69, 9.17) is 9.15 Å². The Labute approximate surface area is 116 Å². The molecule has 0 saturated carbocycles. The van der Waals surface area contributed by atoms with Crippen molar-refractivity contribution in [3.63, 3.8) is 0 Å². The van der Waals surface area contributed by atoms with Gasteiger partial charge >= 0.3 is 5.97 Å². The van der Waals surface area contributed by atoms with Gasteiger partial charge in [-0.2, -0.15) is 0 Å². The van der Waals surface area contributed by atoms with Gasteiger partial charge in [-0.1, -0.05) is 13.8 Å². The monoisotopic (exact) mass is 271 g/mol. The Morgan fingerprint density at radius 1 is 1.35 bits per heavy atom. The first kappa shape index (κ1) is 12.8. The van der Waals surface area contributed by atoms with Crippen molar-refractivity contribution in [2.75, 3.05) is 6.61 Å². The molecule has 20 heavy (non-hydrogen) atoms. The first-order valence-corrected chi connectivity index (χ1v) is 6.82. The molecule has 3 rings (SSSR count). The molecule has 0 aliphatic carbocycles. The number of benzene rings is 1. The quantitative estimate of drug-likeness (QED) is 0.726. The van der Waals surface area contributed by atoms with E-state index in [1.54, 1.807) is 13.0 Å². The van der Waals surface area contributed by atoms with E-state index in [2.05, 4.69) is 24.9 Å². The van der Waals surface area contributed by atoms with Gasteiger partial charge in [0, 0.05) is 22.2 Å². The molecule has 4 heteroatoms. The molecule has 0 radical (unpaired) electrons. The van der Waals surface area contributed by atoms with Crippen molar-refractivity contribution < 1.29 is 13.9 Å². The maximum absolute atomic E-state index is 11.8. The summed E-state index contributed by atoms with van der Waals surface area (Å²) in [5, 5.41) is 1.97. The van der Waals surface area contributed by atoms with Gasteiger partial charge in [0.25, 0.3) is 0 Å². The Kier molecular flexibility index (Phi) is 3.01. The Bertz CT molecular complexity index is 780. The van der Waals surface area contributed by atoms with E-state index in [-0.39, 0.29) is 5.97 Å². The first-order valence-electron chi connectivity index (χ1n) is 6.82. The Balaban J connectivity index is 2.17. The fourth-order valence-corrected chi connectivity index (χ4v) is 2.33. The summed E-state index contributed by atoms with van der Waals surface area (Å²) in [6.45, 7) is 6.34. The smallest absolute Gasteiger partial charge is 0.354 e. The lowest BCUT2D eigenvalue weighted by Gasteiger charge is -1.96. The molecule has 2 aromatic heterocycles. The molecule has 0 spiro atoms. The van der Waals surface area contributed by atoms with E-state index < -0.39 is 0 Å². The molecule has 1 N–H and O–H groups in total. The van der Waals surface area contributed by atoms with Crippen molar-refractivity contribution >= 4 is 27.8 Å². The number of furan rings is 1. The van der Waals surface area contributed by atoms with Crippen LogP contribution < -0.4 is 0 Å². The Hall–Kier alpha value is -2.23. The number of carbonyl (C=O) groups excluding carboxylic acids is 1. The third kappa shape index (κ3) is 1.97. The fraction of sp³-hybridized carbons (Fsp3) is 0.312. The molecule has 0 fully saturated rings. The average Bonchev–Trinajstić information content (AvgIpc) is 3.02. The van der Waals surface area contributed by atoms with E-state index >= 15 is 0 Å². The molecule has 4 nitrogen and oxygen atoms in total. The summed E-state index contributed by atoms with van der Waals surface area (Å²) in [4.78, 5) is 14.9. The van der Waals surface area contributed by atoms with Gasteiger partial charge in [0.1, 0.15) is 17.0 Å². The van der Waals surface area contributed by atoms with Crippen LogP contribution in [-0.2, 0) is 4.74 Å². The number of hydrogen-bond donors (Lipinski definition) is 1. The van der Waals surface area contributed by atoms with Crippen LogP contribution in [0.15, 0.2) is 28.7 Å². The lowest BCUT2D eigenvalue weighted by atomic mass is 10.1. The van der Waals surface area contributed by atoms with Gasteiger partial charge in [0.15, 0.2) is 0 Å². The zero-order valence-corrected chi connectivity index (χ0v) is 11.8. The van der Waals surface area contributed by atoms with Crippen LogP contribution in [0.1, 0.15) is 42.9 Å². The molecule has 0 amide bonds. The Morgan fingerprint density at radius 2 is 2.15 bits per heavy atom. The number of hydrogen-bond acceptors (Lipinski definition) is 3. The van der Waals surface area contributed by atoms with Gasteiger partial charge in [0.05, 0.1) is 6.61 Å².